The summed E-state index contributed by atoms with van der Waals surface area (Å²) in [5, 5.41) is 3.46. The van der Waals surface area contributed by atoms with E-state index in [-0.39, 0.29) is 5.41 Å². The molecule has 1 aromatic rings. The Labute approximate surface area is 127 Å². The van der Waals surface area contributed by atoms with Gasteiger partial charge in [0.05, 0.1) is 17.8 Å². The molecule has 2 atom stereocenters. The predicted molar refractivity (Wildman–Crippen MR) is 82.5 cm³/mol. The molecule has 0 radical (unpaired) electrons. The number of hydrogen-bond donors (Lipinski definition) is 1. The average molecular weight is 289 g/mol. The topological polar surface area (TPSA) is 39.1 Å². The zero-order valence-electron chi connectivity index (χ0n) is 13.5. The van der Waals surface area contributed by atoms with Crippen molar-refractivity contribution in [2.75, 3.05) is 13.2 Å². The minimum absolute atomic E-state index is 0.0913. The highest BCUT2D eigenvalue weighted by Crippen LogP contribution is 2.45. The van der Waals surface area contributed by atoms with Crippen molar-refractivity contribution in [1.29, 1.82) is 0 Å². The van der Waals surface area contributed by atoms with E-state index in [9.17, 15) is 0 Å². The Kier molecular flexibility index (Phi) is 3.16. The summed E-state index contributed by atoms with van der Waals surface area (Å²) in [7, 11) is 0. The first-order valence-corrected chi connectivity index (χ1v) is 8.48. The predicted octanol–water partition coefficient (Wildman–Crippen LogP) is 2.57. The molecular weight excluding hydrogens is 262 g/mol. The molecule has 1 saturated heterocycles. The fourth-order valence-electron chi connectivity index (χ4n) is 3.97. The third-order valence-corrected chi connectivity index (χ3v) is 5.12. The molecule has 2 fully saturated rings. The van der Waals surface area contributed by atoms with E-state index >= 15 is 0 Å². The standard InChI is InChI=1S/C17H27N3O/c1-17(2,3)16-19-12-10-18-8-6-13(12)20(16)14-7-9-21-15(14)11-4-5-11/h11,14-15,18H,4-10H2,1-3H3. The molecular formula is C17H27N3O. The fraction of sp³-hybridized carbons (Fsp3) is 0.824. The number of aromatic nitrogens is 2. The molecule has 4 heteroatoms. The smallest absolute Gasteiger partial charge is 0.115 e. The van der Waals surface area contributed by atoms with Gasteiger partial charge in [-0.2, -0.15) is 0 Å². The van der Waals surface area contributed by atoms with E-state index in [0.29, 0.717) is 12.1 Å². The number of fused-ring (bicyclic) bond motifs is 1. The SMILES string of the molecule is CC(C)(C)c1nc2c(n1C1CCOC1C1CC1)CCNC2. The first-order valence-electron chi connectivity index (χ1n) is 8.48. The van der Waals surface area contributed by atoms with Crippen LogP contribution in [0.2, 0.25) is 0 Å². The summed E-state index contributed by atoms with van der Waals surface area (Å²) >= 11 is 0. The van der Waals surface area contributed by atoms with Crippen LogP contribution in [0.1, 0.15) is 63.3 Å². The number of hydrogen-bond acceptors (Lipinski definition) is 3. The summed E-state index contributed by atoms with van der Waals surface area (Å²) in [5.41, 5.74) is 2.83. The Morgan fingerprint density at radius 1 is 1.24 bits per heavy atom. The summed E-state index contributed by atoms with van der Waals surface area (Å²) in [6.07, 6.45) is 5.39. The van der Waals surface area contributed by atoms with Crippen molar-refractivity contribution in [3.63, 3.8) is 0 Å². The van der Waals surface area contributed by atoms with E-state index in [1.807, 2.05) is 0 Å². The van der Waals surface area contributed by atoms with Gasteiger partial charge in [0.2, 0.25) is 0 Å². The van der Waals surface area contributed by atoms with Gasteiger partial charge in [0.25, 0.3) is 0 Å². The highest BCUT2D eigenvalue weighted by Gasteiger charge is 2.44. The summed E-state index contributed by atoms with van der Waals surface area (Å²) in [6.45, 7) is 9.77. The number of nitrogens with zero attached hydrogens (tertiary/aromatic N) is 2. The quantitative estimate of drug-likeness (QED) is 0.909. The molecule has 2 aliphatic heterocycles. The van der Waals surface area contributed by atoms with Crippen LogP contribution in [-0.4, -0.2) is 28.8 Å². The largest absolute Gasteiger partial charge is 0.376 e. The maximum atomic E-state index is 6.11. The normalized spacial score (nSPS) is 29.7. The Morgan fingerprint density at radius 2 is 2.05 bits per heavy atom. The van der Waals surface area contributed by atoms with Crippen LogP contribution < -0.4 is 5.32 Å². The van der Waals surface area contributed by atoms with Crippen molar-refractivity contribution in [2.24, 2.45) is 5.92 Å². The van der Waals surface area contributed by atoms with Gasteiger partial charge in [0, 0.05) is 37.2 Å². The van der Waals surface area contributed by atoms with E-state index in [4.69, 9.17) is 9.72 Å². The van der Waals surface area contributed by atoms with Gasteiger partial charge in [0.1, 0.15) is 5.82 Å². The molecule has 2 unspecified atom stereocenters. The van der Waals surface area contributed by atoms with Crippen molar-refractivity contribution in [3.8, 4) is 0 Å². The minimum atomic E-state index is 0.0913. The van der Waals surface area contributed by atoms with Crippen molar-refractivity contribution in [1.82, 2.24) is 14.9 Å². The van der Waals surface area contributed by atoms with Crippen molar-refractivity contribution < 1.29 is 4.74 Å². The minimum Gasteiger partial charge on any atom is -0.376 e. The third kappa shape index (κ3) is 2.33. The van der Waals surface area contributed by atoms with Crippen LogP contribution in [-0.2, 0) is 23.1 Å². The van der Waals surface area contributed by atoms with E-state index in [1.165, 1.54) is 30.1 Å². The number of ether oxygens (including phenoxy) is 1. The maximum absolute atomic E-state index is 6.11. The molecule has 1 N–H and O–H groups in total. The van der Waals surface area contributed by atoms with Crippen molar-refractivity contribution >= 4 is 0 Å². The molecule has 116 valence electrons. The molecule has 1 saturated carbocycles. The summed E-state index contributed by atoms with van der Waals surface area (Å²) in [6, 6.07) is 0.515. The van der Waals surface area contributed by atoms with Gasteiger partial charge in [0.15, 0.2) is 0 Å². The molecule has 0 bridgehead atoms. The lowest BCUT2D eigenvalue weighted by atomic mass is 9.94. The summed E-state index contributed by atoms with van der Waals surface area (Å²) < 4.78 is 8.70. The monoisotopic (exact) mass is 289 g/mol. The second kappa shape index (κ2) is 4.82. The van der Waals surface area contributed by atoms with E-state index in [1.54, 1.807) is 0 Å². The maximum Gasteiger partial charge on any atom is 0.115 e. The molecule has 0 amide bonds. The highest BCUT2D eigenvalue weighted by molar-refractivity contribution is 5.25. The van der Waals surface area contributed by atoms with Crippen LogP contribution in [0.15, 0.2) is 0 Å². The van der Waals surface area contributed by atoms with Gasteiger partial charge in [-0.05, 0) is 25.2 Å². The molecule has 4 rings (SSSR count). The van der Waals surface area contributed by atoms with Gasteiger partial charge in [-0.25, -0.2) is 4.98 Å². The van der Waals surface area contributed by atoms with E-state index < -0.39 is 0 Å². The van der Waals surface area contributed by atoms with Crippen molar-refractivity contribution in [3.05, 3.63) is 17.2 Å². The lowest BCUT2D eigenvalue weighted by Crippen LogP contribution is -2.31. The third-order valence-electron chi connectivity index (χ3n) is 5.12. The van der Waals surface area contributed by atoms with Crippen LogP contribution in [0.5, 0.6) is 0 Å². The fourth-order valence-corrected chi connectivity index (χ4v) is 3.97. The number of nitrogens with one attached hydrogen (secondary N) is 1. The Balaban J connectivity index is 1.80. The molecule has 21 heavy (non-hydrogen) atoms. The zero-order chi connectivity index (χ0) is 14.6. The molecule has 4 nitrogen and oxygen atoms in total. The second-order valence-corrected chi connectivity index (χ2v) is 7.90. The van der Waals surface area contributed by atoms with Gasteiger partial charge in [-0.15, -0.1) is 0 Å². The first-order chi connectivity index (χ1) is 10.1. The van der Waals surface area contributed by atoms with Crippen LogP contribution in [0.3, 0.4) is 0 Å². The number of imidazole rings is 1. The Hall–Kier alpha value is -0.870. The Bertz CT molecular complexity index is 539. The van der Waals surface area contributed by atoms with E-state index in [0.717, 1.165) is 38.5 Å². The molecule has 1 aliphatic carbocycles. The van der Waals surface area contributed by atoms with Crippen molar-refractivity contribution in [2.45, 2.75) is 70.6 Å². The van der Waals surface area contributed by atoms with Gasteiger partial charge in [-0.1, -0.05) is 20.8 Å². The van der Waals surface area contributed by atoms with E-state index in [2.05, 4.69) is 30.7 Å². The van der Waals surface area contributed by atoms with Crippen LogP contribution in [0.25, 0.3) is 0 Å². The van der Waals surface area contributed by atoms with Gasteiger partial charge >= 0.3 is 0 Å². The lowest BCUT2D eigenvalue weighted by Gasteiger charge is -2.29. The zero-order valence-corrected chi connectivity index (χ0v) is 13.5. The summed E-state index contributed by atoms with van der Waals surface area (Å²) in [4.78, 5) is 5.03. The van der Waals surface area contributed by atoms with Crippen LogP contribution in [0, 0.1) is 5.92 Å². The second-order valence-electron chi connectivity index (χ2n) is 7.90. The highest BCUT2D eigenvalue weighted by atomic mass is 16.5. The molecule has 3 heterocycles. The van der Waals surface area contributed by atoms with Gasteiger partial charge < -0.3 is 14.6 Å². The molecule has 1 aromatic heterocycles. The van der Waals surface area contributed by atoms with Crippen LogP contribution in [0.4, 0.5) is 0 Å². The van der Waals surface area contributed by atoms with Gasteiger partial charge in [-0.3, -0.25) is 0 Å². The summed E-state index contributed by atoms with van der Waals surface area (Å²) in [5.74, 6) is 2.06. The Morgan fingerprint density at radius 3 is 2.76 bits per heavy atom. The van der Waals surface area contributed by atoms with Crippen LogP contribution >= 0.6 is 0 Å². The molecule has 0 aromatic carbocycles. The lowest BCUT2D eigenvalue weighted by molar-refractivity contribution is 0.0733. The number of rotatable bonds is 2. The average Bonchev–Trinajstić information content (AvgIpc) is 3.03. The molecule has 0 spiro atoms. The molecule has 3 aliphatic rings. The first kappa shape index (κ1) is 13.8.